The number of hydrogen-bond acceptors (Lipinski definition) is 4. The van der Waals surface area contributed by atoms with Crippen LogP contribution in [-0.2, 0) is 11.2 Å². The van der Waals surface area contributed by atoms with Crippen molar-refractivity contribution in [3.63, 3.8) is 0 Å². The molecule has 2 aromatic carbocycles. The predicted octanol–water partition coefficient (Wildman–Crippen LogP) is 2.37. The molecular weight excluding hydrogens is 288 g/mol. The number of anilines is 2. The lowest BCUT2D eigenvalue weighted by atomic mass is 10.1. The molecule has 0 radical (unpaired) electrons. The Bertz CT molecular complexity index is 677. The molecule has 0 bridgehead atoms. The number of aromatic hydroxyl groups is 2. The van der Waals surface area contributed by atoms with E-state index in [1.54, 1.807) is 24.3 Å². The van der Waals surface area contributed by atoms with Gasteiger partial charge in [0.15, 0.2) is 0 Å². The molecular formula is C15H14N2O5. The lowest BCUT2D eigenvalue weighted by Gasteiger charge is -2.09. The Balaban J connectivity index is 1.98. The van der Waals surface area contributed by atoms with Gasteiger partial charge in [0, 0.05) is 29.6 Å². The van der Waals surface area contributed by atoms with Crippen molar-refractivity contribution in [2.75, 3.05) is 10.6 Å². The predicted molar refractivity (Wildman–Crippen MR) is 80.2 cm³/mol. The average molecular weight is 302 g/mol. The third kappa shape index (κ3) is 4.41. The molecule has 0 heterocycles. The zero-order valence-electron chi connectivity index (χ0n) is 11.4. The number of carboxylic acid groups (broad SMARTS) is 1. The molecule has 7 heteroatoms. The van der Waals surface area contributed by atoms with Gasteiger partial charge < -0.3 is 26.0 Å². The summed E-state index contributed by atoms with van der Waals surface area (Å²) >= 11 is 0. The zero-order valence-corrected chi connectivity index (χ0v) is 11.4. The average Bonchev–Trinajstić information content (AvgIpc) is 2.39. The van der Waals surface area contributed by atoms with Gasteiger partial charge >= 0.3 is 12.0 Å². The number of aliphatic carboxylic acids is 1. The number of phenols is 2. The molecule has 2 amide bonds. The third-order valence-electron chi connectivity index (χ3n) is 2.73. The smallest absolute Gasteiger partial charge is 0.323 e. The van der Waals surface area contributed by atoms with Crippen molar-refractivity contribution < 1.29 is 24.9 Å². The van der Waals surface area contributed by atoms with Crippen LogP contribution in [0.4, 0.5) is 16.2 Å². The van der Waals surface area contributed by atoms with Crippen molar-refractivity contribution in [2.45, 2.75) is 6.42 Å². The Hall–Kier alpha value is -3.22. The van der Waals surface area contributed by atoms with E-state index in [4.69, 9.17) is 5.11 Å². The summed E-state index contributed by atoms with van der Waals surface area (Å²) in [6.45, 7) is 0. The van der Waals surface area contributed by atoms with Crippen molar-refractivity contribution in [2.24, 2.45) is 0 Å². The fraction of sp³-hybridized carbons (Fsp3) is 0.0667. The molecule has 7 nitrogen and oxygen atoms in total. The minimum atomic E-state index is -0.929. The summed E-state index contributed by atoms with van der Waals surface area (Å²) in [6, 6.07) is 9.52. The topological polar surface area (TPSA) is 119 Å². The second kappa shape index (κ2) is 6.49. The molecule has 0 aliphatic rings. The van der Waals surface area contributed by atoms with Crippen molar-refractivity contribution in [3.8, 4) is 11.5 Å². The number of rotatable bonds is 4. The van der Waals surface area contributed by atoms with Crippen molar-refractivity contribution in [3.05, 3.63) is 48.0 Å². The van der Waals surface area contributed by atoms with Crippen LogP contribution in [-0.4, -0.2) is 27.3 Å². The van der Waals surface area contributed by atoms with E-state index >= 15 is 0 Å². The van der Waals surface area contributed by atoms with Gasteiger partial charge in [-0.3, -0.25) is 4.79 Å². The Morgan fingerprint density at radius 2 is 1.41 bits per heavy atom. The molecule has 0 unspecified atom stereocenters. The molecule has 0 fully saturated rings. The van der Waals surface area contributed by atoms with E-state index in [-0.39, 0.29) is 23.6 Å². The Morgan fingerprint density at radius 1 is 0.864 bits per heavy atom. The van der Waals surface area contributed by atoms with Gasteiger partial charge in [-0.1, -0.05) is 12.1 Å². The Labute approximate surface area is 125 Å². The van der Waals surface area contributed by atoms with Crippen LogP contribution in [0.5, 0.6) is 11.5 Å². The highest BCUT2D eigenvalue weighted by Gasteiger charge is 2.06. The van der Waals surface area contributed by atoms with E-state index in [0.29, 0.717) is 11.3 Å². The van der Waals surface area contributed by atoms with Crippen molar-refractivity contribution in [1.29, 1.82) is 0 Å². The molecule has 0 aliphatic carbocycles. The molecule has 2 aromatic rings. The third-order valence-corrected chi connectivity index (χ3v) is 2.73. The molecule has 5 N–H and O–H groups in total. The molecule has 0 spiro atoms. The molecule has 0 aromatic heterocycles. The first kappa shape index (κ1) is 15.2. The quantitative estimate of drug-likeness (QED) is 0.594. The fourth-order valence-electron chi connectivity index (χ4n) is 1.84. The summed E-state index contributed by atoms with van der Waals surface area (Å²) in [4.78, 5) is 22.4. The lowest BCUT2D eigenvalue weighted by molar-refractivity contribution is -0.136. The number of urea groups is 1. The summed E-state index contributed by atoms with van der Waals surface area (Å²) in [6.07, 6.45) is -0.0882. The van der Waals surface area contributed by atoms with E-state index in [1.807, 2.05) is 0 Å². The van der Waals surface area contributed by atoms with Gasteiger partial charge in [-0.2, -0.15) is 0 Å². The monoisotopic (exact) mass is 302 g/mol. The van der Waals surface area contributed by atoms with E-state index < -0.39 is 12.0 Å². The molecule has 22 heavy (non-hydrogen) atoms. The number of carboxylic acids is 1. The van der Waals surface area contributed by atoms with Crippen molar-refractivity contribution >= 4 is 23.4 Å². The van der Waals surface area contributed by atoms with E-state index in [9.17, 15) is 19.8 Å². The van der Waals surface area contributed by atoms with Gasteiger partial charge in [0.25, 0.3) is 0 Å². The standard InChI is InChI=1S/C15H14N2O5/c18-12-6-11(7-13(19)8-12)17-15(22)16-10-3-1-9(2-4-10)5-14(20)21/h1-4,6-8,18-19H,5H2,(H,20,21)(H2,16,17,22). The first-order valence-electron chi connectivity index (χ1n) is 6.34. The van der Waals surface area contributed by atoms with Crippen LogP contribution in [0.1, 0.15) is 5.56 Å². The van der Waals surface area contributed by atoms with E-state index in [0.717, 1.165) is 6.07 Å². The van der Waals surface area contributed by atoms with Gasteiger partial charge in [-0.05, 0) is 17.7 Å². The number of amides is 2. The molecule has 0 saturated carbocycles. The molecule has 0 atom stereocenters. The second-order valence-corrected chi connectivity index (χ2v) is 4.58. The number of nitrogens with one attached hydrogen (secondary N) is 2. The lowest BCUT2D eigenvalue weighted by Crippen LogP contribution is -2.19. The zero-order chi connectivity index (χ0) is 16.1. The highest BCUT2D eigenvalue weighted by Crippen LogP contribution is 2.24. The first-order valence-corrected chi connectivity index (χ1v) is 6.34. The van der Waals surface area contributed by atoms with Crippen LogP contribution in [0.25, 0.3) is 0 Å². The van der Waals surface area contributed by atoms with Gasteiger partial charge in [0.05, 0.1) is 6.42 Å². The highest BCUT2D eigenvalue weighted by molar-refractivity contribution is 6.00. The second-order valence-electron chi connectivity index (χ2n) is 4.58. The number of phenolic OH excluding ortho intramolecular Hbond substituents is 2. The van der Waals surface area contributed by atoms with E-state index in [2.05, 4.69) is 10.6 Å². The fourth-order valence-corrected chi connectivity index (χ4v) is 1.84. The highest BCUT2D eigenvalue weighted by atomic mass is 16.4. The SMILES string of the molecule is O=C(O)Cc1ccc(NC(=O)Nc2cc(O)cc(O)c2)cc1. The largest absolute Gasteiger partial charge is 0.508 e. The van der Waals surface area contributed by atoms with Crippen LogP contribution >= 0.6 is 0 Å². The van der Waals surface area contributed by atoms with Crippen LogP contribution in [0.3, 0.4) is 0 Å². The van der Waals surface area contributed by atoms with Crippen LogP contribution in [0.2, 0.25) is 0 Å². The summed E-state index contributed by atoms with van der Waals surface area (Å²) in [5.74, 6) is -1.27. The first-order chi connectivity index (χ1) is 10.4. The van der Waals surface area contributed by atoms with Gasteiger partial charge in [0.2, 0.25) is 0 Å². The number of carbonyl (C=O) groups is 2. The molecule has 0 aliphatic heterocycles. The maximum atomic E-state index is 11.8. The Kier molecular flexibility index (Phi) is 4.47. The number of hydrogen-bond donors (Lipinski definition) is 5. The Morgan fingerprint density at radius 3 is 1.95 bits per heavy atom. The molecule has 2 rings (SSSR count). The minimum Gasteiger partial charge on any atom is -0.508 e. The molecule has 114 valence electrons. The van der Waals surface area contributed by atoms with Crippen molar-refractivity contribution in [1.82, 2.24) is 0 Å². The van der Waals surface area contributed by atoms with Gasteiger partial charge in [0.1, 0.15) is 11.5 Å². The number of benzene rings is 2. The van der Waals surface area contributed by atoms with Crippen LogP contribution in [0.15, 0.2) is 42.5 Å². The maximum Gasteiger partial charge on any atom is 0.323 e. The molecule has 0 saturated heterocycles. The summed E-state index contributed by atoms with van der Waals surface area (Å²) in [7, 11) is 0. The van der Waals surface area contributed by atoms with E-state index in [1.165, 1.54) is 12.1 Å². The summed E-state index contributed by atoms with van der Waals surface area (Å²) in [5, 5.41) is 32.3. The summed E-state index contributed by atoms with van der Waals surface area (Å²) in [5.41, 5.74) is 1.34. The normalized spacial score (nSPS) is 10.0. The van der Waals surface area contributed by atoms with Crippen LogP contribution < -0.4 is 10.6 Å². The minimum absolute atomic E-state index is 0.0882. The summed E-state index contributed by atoms with van der Waals surface area (Å²) < 4.78 is 0. The van der Waals surface area contributed by atoms with Gasteiger partial charge in [-0.25, -0.2) is 4.79 Å². The van der Waals surface area contributed by atoms with Gasteiger partial charge in [-0.15, -0.1) is 0 Å². The maximum absolute atomic E-state index is 11.8. The van der Waals surface area contributed by atoms with Crippen LogP contribution in [0, 0.1) is 0 Å². The number of carbonyl (C=O) groups excluding carboxylic acids is 1.